The molecule has 6 nitrogen and oxygen atoms in total. The Morgan fingerprint density at radius 1 is 1.11 bits per heavy atom. The van der Waals surface area contributed by atoms with E-state index in [1.165, 1.54) is 31.2 Å². The van der Waals surface area contributed by atoms with Crippen LogP contribution in [0.15, 0.2) is 54.6 Å². The fourth-order valence-corrected chi connectivity index (χ4v) is 2.82. The Morgan fingerprint density at radius 3 is 2.36 bits per heavy atom. The molecule has 0 heterocycles. The van der Waals surface area contributed by atoms with E-state index < -0.39 is 23.4 Å². The van der Waals surface area contributed by atoms with Crippen LogP contribution in [0.4, 0.5) is 9.18 Å². The van der Waals surface area contributed by atoms with Crippen LogP contribution in [0.3, 0.4) is 0 Å². The number of amides is 2. The zero-order chi connectivity index (χ0) is 20.6. The standard InChI is InChI=1S/C21H25FN2O4/c1-21(28,16-7-9-17(22)10-8-16)14-23-20(27)24-18(11-12-19(25)26)13-15-5-3-2-4-6-15/h2-10,18,28H,11-14H2,1H3,(H,25,26)(H2,23,24,27). The minimum Gasteiger partial charge on any atom is -0.481 e. The van der Waals surface area contributed by atoms with Crippen molar-refractivity contribution < 1.29 is 24.2 Å². The van der Waals surface area contributed by atoms with Gasteiger partial charge in [0.05, 0.1) is 6.54 Å². The van der Waals surface area contributed by atoms with Gasteiger partial charge in [0, 0.05) is 12.5 Å². The van der Waals surface area contributed by atoms with E-state index in [9.17, 15) is 19.1 Å². The van der Waals surface area contributed by atoms with Gasteiger partial charge >= 0.3 is 12.0 Å². The van der Waals surface area contributed by atoms with Crippen LogP contribution in [0.1, 0.15) is 30.9 Å². The zero-order valence-electron chi connectivity index (χ0n) is 15.7. The lowest BCUT2D eigenvalue weighted by atomic mass is 9.96. The molecule has 2 rings (SSSR count). The second kappa shape index (κ2) is 9.85. The molecular formula is C21H25FN2O4. The van der Waals surface area contributed by atoms with E-state index in [0.29, 0.717) is 12.0 Å². The minimum absolute atomic E-state index is 0.0644. The fraction of sp³-hybridized carbons (Fsp3) is 0.333. The van der Waals surface area contributed by atoms with Gasteiger partial charge in [-0.1, -0.05) is 42.5 Å². The molecule has 0 aliphatic carbocycles. The molecule has 0 fully saturated rings. The summed E-state index contributed by atoms with van der Waals surface area (Å²) >= 11 is 0. The number of carbonyl (C=O) groups is 2. The molecule has 0 bridgehead atoms. The van der Waals surface area contributed by atoms with Gasteiger partial charge in [0.2, 0.25) is 0 Å². The molecule has 150 valence electrons. The number of carboxylic acids is 1. The molecule has 2 aromatic carbocycles. The van der Waals surface area contributed by atoms with Crippen LogP contribution in [0.2, 0.25) is 0 Å². The highest BCUT2D eigenvalue weighted by Gasteiger charge is 2.24. The third-order valence-electron chi connectivity index (χ3n) is 4.43. The highest BCUT2D eigenvalue weighted by atomic mass is 19.1. The summed E-state index contributed by atoms with van der Waals surface area (Å²) in [6, 6.07) is 14.0. The van der Waals surface area contributed by atoms with E-state index in [1.54, 1.807) is 0 Å². The zero-order valence-corrected chi connectivity index (χ0v) is 15.7. The first-order chi connectivity index (χ1) is 13.3. The van der Waals surface area contributed by atoms with Gasteiger partial charge in [-0.25, -0.2) is 9.18 Å². The molecule has 28 heavy (non-hydrogen) atoms. The Kier molecular flexibility index (Phi) is 7.52. The molecule has 4 N–H and O–H groups in total. The molecule has 2 atom stereocenters. The van der Waals surface area contributed by atoms with Gasteiger partial charge in [-0.15, -0.1) is 0 Å². The molecule has 0 aliphatic heterocycles. The Labute approximate surface area is 163 Å². The molecule has 0 spiro atoms. The predicted octanol–water partition coefficient (Wildman–Crippen LogP) is 2.81. The van der Waals surface area contributed by atoms with Crippen molar-refractivity contribution in [3.8, 4) is 0 Å². The molecule has 7 heteroatoms. The van der Waals surface area contributed by atoms with Crippen molar-refractivity contribution >= 4 is 12.0 Å². The number of benzene rings is 2. The van der Waals surface area contributed by atoms with Gasteiger partial charge < -0.3 is 20.8 Å². The van der Waals surface area contributed by atoms with Gasteiger partial charge in [0.15, 0.2) is 0 Å². The normalized spacial score (nSPS) is 14.0. The van der Waals surface area contributed by atoms with Gasteiger partial charge in [0.25, 0.3) is 0 Å². The van der Waals surface area contributed by atoms with E-state index >= 15 is 0 Å². The Balaban J connectivity index is 1.94. The number of hydrogen-bond donors (Lipinski definition) is 4. The second-order valence-corrected chi connectivity index (χ2v) is 6.93. The summed E-state index contributed by atoms with van der Waals surface area (Å²) in [5.41, 5.74) is 0.0820. The van der Waals surface area contributed by atoms with E-state index in [4.69, 9.17) is 5.11 Å². The number of urea groups is 1. The molecule has 0 aromatic heterocycles. The largest absolute Gasteiger partial charge is 0.481 e. The molecule has 0 aliphatic rings. The van der Waals surface area contributed by atoms with Crippen LogP contribution in [0.25, 0.3) is 0 Å². The van der Waals surface area contributed by atoms with Crippen molar-refractivity contribution in [2.45, 2.75) is 37.8 Å². The Bertz CT molecular complexity index is 779. The number of aliphatic carboxylic acids is 1. The van der Waals surface area contributed by atoms with Crippen molar-refractivity contribution in [3.63, 3.8) is 0 Å². The highest BCUT2D eigenvalue weighted by Crippen LogP contribution is 2.19. The van der Waals surface area contributed by atoms with Crippen molar-refractivity contribution in [3.05, 3.63) is 71.5 Å². The van der Waals surface area contributed by atoms with E-state index in [-0.39, 0.29) is 25.4 Å². The number of halogens is 1. The van der Waals surface area contributed by atoms with Gasteiger partial charge in [-0.05, 0) is 43.0 Å². The van der Waals surface area contributed by atoms with Crippen molar-refractivity contribution in [2.75, 3.05) is 6.54 Å². The number of nitrogens with one attached hydrogen (secondary N) is 2. The molecule has 0 saturated carbocycles. The smallest absolute Gasteiger partial charge is 0.315 e. The summed E-state index contributed by atoms with van der Waals surface area (Å²) in [6.07, 6.45) is 0.715. The van der Waals surface area contributed by atoms with E-state index in [2.05, 4.69) is 10.6 Å². The molecule has 0 radical (unpaired) electrons. The summed E-state index contributed by atoms with van der Waals surface area (Å²) in [6.45, 7) is 1.44. The number of carbonyl (C=O) groups excluding carboxylic acids is 1. The third kappa shape index (κ3) is 7.00. The molecule has 0 saturated heterocycles. The molecular weight excluding hydrogens is 363 g/mol. The van der Waals surface area contributed by atoms with Crippen LogP contribution in [-0.4, -0.2) is 34.8 Å². The first-order valence-electron chi connectivity index (χ1n) is 9.05. The molecule has 2 aromatic rings. The van der Waals surface area contributed by atoms with Crippen molar-refractivity contribution in [1.29, 1.82) is 0 Å². The number of rotatable bonds is 9. The van der Waals surface area contributed by atoms with Gasteiger partial charge in [-0.3, -0.25) is 4.79 Å². The molecule has 2 unspecified atom stereocenters. The van der Waals surface area contributed by atoms with E-state index in [0.717, 1.165) is 5.56 Å². The lowest BCUT2D eigenvalue weighted by Crippen LogP contribution is -2.47. The van der Waals surface area contributed by atoms with E-state index in [1.807, 2.05) is 30.3 Å². The average molecular weight is 388 g/mol. The lowest BCUT2D eigenvalue weighted by Gasteiger charge is -2.25. The van der Waals surface area contributed by atoms with Crippen molar-refractivity contribution in [1.82, 2.24) is 10.6 Å². The summed E-state index contributed by atoms with van der Waals surface area (Å²) in [4.78, 5) is 23.2. The fourth-order valence-electron chi connectivity index (χ4n) is 2.82. The van der Waals surface area contributed by atoms with Crippen LogP contribution >= 0.6 is 0 Å². The van der Waals surface area contributed by atoms with Crippen LogP contribution in [-0.2, 0) is 16.8 Å². The minimum atomic E-state index is -1.37. The first-order valence-corrected chi connectivity index (χ1v) is 9.05. The summed E-state index contributed by atoms with van der Waals surface area (Å²) < 4.78 is 13.0. The SMILES string of the molecule is CC(O)(CNC(=O)NC(CCC(=O)O)Cc1ccccc1)c1ccc(F)cc1. The summed E-state index contributed by atoms with van der Waals surface area (Å²) in [7, 11) is 0. The monoisotopic (exact) mass is 388 g/mol. The summed E-state index contributed by atoms with van der Waals surface area (Å²) in [5.74, 6) is -1.34. The lowest BCUT2D eigenvalue weighted by molar-refractivity contribution is -0.137. The maximum Gasteiger partial charge on any atom is 0.315 e. The topological polar surface area (TPSA) is 98.7 Å². The second-order valence-electron chi connectivity index (χ2n) is 6.93. The summed E-state index contributed by atoms with van der Waals surface area (Å²) in [5, 5.41) is 24.8. The average Bonchev–Trinajstić information content (AvgIpc) is 2.66. The third-order valence-corrected chi connectivity index (χ3v) is 4.43. The maximum absolute atomic E-state index is 13.0. The predicted molar refractivity (Wildman–Crippen MR) is 103 cm³/mol. The maximum atomic E-state index is 13.0. The number of carboxylic acid groups (broad SMARTS) is 1. The van der Waals surface area contributed by atoms with Crippen LogP contribution < -0.4 is 10.6 Å². The van der Waals surface area contributed by atoms with Crippen molar-refractivity contribution in [2.24, 2.45) is 0 Å². The van der Waals surface area contributed by atoms with Crippen LogP contribution in [0.5, 0.6) is 0 Å². The van der Waals surface area contributed by atoms with Gasteiger partial charge in [-0.2, -0.15) is 0 Å². The highest BCUT2D eigenvalue weighted by molar-refractivity contribution is 5.74. The van der Waals surface area contributed by atoms with Gasteiger partial charge in [0.1, 0.15) is 11.4 Å². The Hall–Kier alpha value is -2.93. The number of hydrogen-bond acceptors (Lipinski definition) is 3. The molecule has 2 amide bonds. The number of aliphatic hydroxyl groups is 1. The first kappa shape index (κ1) is 21.4. The Morgan fingerprint density at radius 2 is 1.75 bits per heavy atom. The van der Waals surface area contributed by atoms with Crippen LogP contribution in [0, 0.1) is 5.82 Å². The quantitative estimate of drug-likeness (QED) is 0.531.